The van der Waals surface area contributed by atoms with Crippen molar-refractivity contribution in [2.24, 2.45) is 5.73 Å². The summed E-state index contributed by atoms with van der Waals surface area (Å²) < 4.78 is 5.16. The summed E-state index contributed by atoms with van der Waals surface area (Å²) in [5, 5.41) is 15.6. The van der Waals surface area contributed by atoms with Crippen LogP contribution in [0.5, 0.6) is 5.75 Å². The summed E-state index contributed by atoms with van der Waals surface area (Å²) in [4.78, 5) is 19.1. The Bertz CT molecular complexity index is 721. The fourth-order valence-corrected chi connectivity index (χ4v) is 2.24. The van der Waals surface area contributed by atoms with Crippen LogP contribution in [0.3, 0.4) is 0 Å². The first-order chi connectivity index (χ1) is 12.2. The van der Waals surface area contributed by atoms with E-state index in [1.54, 1.807) is 7.11 Å². The Morgan fingerprint density at radius 1 is 1.00 bits per heavy atom. The highest BCUT2D eigenvalue weighted by atomic mass is 16.5. The highest BCUT2D eigenvalue weighted by molar-refractivity contribution is 5.89. The van der Waals surface area contributed by atoms with E-state index in [0.717, 1.165) is 17.7 Å². The molecule has 0 aliphatic rings. The number of ether oxygens (including phenoxy) is 1. The molecule has 0 aliphatic heterocycles. The zero-order valence-electron chi connectivity index (χ0n) is 14.8. The first kappa shape index (κ1) is 20.9. The van der Waals surface area contributed by atoms with Gasteiger partial charge in [-0.3, -0.25) is 0 Å². The molecule has 1 atom stereocenters. The van der Waals surface area contributed by atoms with E-state index in [1.165, 1.54) is 5.56 Å². The largest absolute Gasteiger partial charge is 0.497 e. The SMILES string of the molecule is COc1ccc(C(C)(N)Cc2ccccc2)cc1.O=C(O)C=CC(=O)O. The number of methoxy groups -OCH3 is 1. The normalized spacial score (nSPS) is 12.6. The molecule has 0 radical (unpaired) electrons. The molecule has 0 bridgehead atoms. The third-order valence-electron chi connectivity index (χ3n) is 3.53. The minimum absolute atomic E-state index is 0.367. The van der Waals surface area contributed by atoms with Crippen molar-refractivity contribution in [1.29, 1.82) is 0 Å². The van der Waals surface area contributed by atoms with E-state index in [1.807, 2.05) is 42.5 Å². The van der Waals surface area contributed by atoms with E-state index in [4.69, 9.17) is 20.7 Å². The van der Waals surface area contributed by atoms with Crippen LogP contribution >= 0.6 is 0 Å². The molecule has 0 aliphatic carbocycles. The van der Waals surface area contributed by atoms with Gasteiger partial charge in [-0.1, -0.05) is 42.5 Å². The molecule has 0 aromatic heterocycles. The van der Waals surface area contributed by atoms with Crippen molar-refractivity contribution in [3.8, 4) is 5.75 Å². The van der Waals surface area contributed by atoms with Crippen LogP contribution in [0.15, 0.2) is 66.7 Å². The number of aliphatic carboxylic acids is 2. The van der Waals surface area contributed by atoms with Crippen LogP contribution in [-0.2, 0) is 21.5 Å². The van der Waals surface area contributed by atoms with Crippen molar-refractivity contribution in [3.05, 3.63) is 77.9 Å². The molecule has 0 saturated heterocycles. The molecule has 0 amide bonds. The van der Waals surface area contributed by atoms with Crippen LogP contribution < -0.4 is 10.5 Å². The fourth-order valence-electron chi connectivity index (χ4n) is 2.24. The van der Waals surface area contributed by atoms with Crippen molar-refractivity contribution in [3.63, 3.8) is 0 Å². The van der Waals surface area contributed by atoms with Gasteiger partial charge in [0.25, 0.3) is 0 Å². The lowest BCUT2D eigenvalue weighted by molar-refractivity contribution is -0.134. The lowest BCUT2D eigenvalue weighted by Gasteiger charge is -2.25. The van der Waals surface area contributed by atoms with Crippen molar-refractivity contribution < 1.29 is 24.5 Å². The standard InChI is InChI=1S/C16H19NO.C4H4O4/c1-16(17,12-13-6-4-3-5-7-13)14-8-10-15(18-2)11-9-14;5-3(6)1-2-4(7)8/h3-11H,12,17H2,1-2H3;1-2H,(H,5,6)(H,7,8). The minimum atomic E-state index is -1.26. The third-order valence-corrected chi connectivity index (χ3v) is 3.53. The number of carboxylic acid groups (broad SMARTS) is 2. The van der Waals surface area contributed by atoms with Gasteiger partial charge in [0, 0.05) is 17.7 Å². The van der Waals surface area contributed by atoms with E-state index in [2.05, 4.69) is 19.1 Å². The highest BCUT2D eigenvalue weighted by Crippen LogP contribution is 2.24. The van der Waals surface area contributed by atoms with Gasteiger partial charge in [-0.25, -0.2) is 9.59 Å². The lowest BCUT2D eigenvalue weighted by Crippen LogP contribution is -2.35. The Hall–Kier alpha value is -3.12. The second-order valence-corrected chi connectivity index (χ2v) is 5.82. The second kappa shape index (κ2) is 10.0. The average Bonchev–Trinajstić information content (AvgIpc) is 2.61. The van der Waals surface area contributed by atoms with Crippen LogP contribution in [0.25, 0.3) is 0 Å². The predicted octanol–water partition coefficient (Wildman–Crippen LogP) is 2.82. The van der Waals surface area contributed by atoms with Crippen molar-refractivity contribution in [2.45, 2.75) is 18.9 Å². The zero-order chi connectivity index (χ0) is 19.6. The predicted molar refractivity (Wildman–Crippen MR) is 99.1 cm³/mol. The molecule has 0 heterocycles. The Kier molecular flexibility index (Phi) is 8.05. The molecule has 2 rings (SSSR count). The van der Waals surface area contributed by atoms with E-state index >= 15 is 0 Å². The second-order valence-electron chi connectivity index (χ2n) is 5.82. The molecule has 4 N–H and O–H groups in total. The van der Waals surface area contributed by atoms with E-state index in [9.17, 15) is 9.59 Å². The van der Waals surface area contributed by atoms with Gasteiger partial charge in [0.1, 0.15) is 5.75 Å². The zero-order valence-corrected chi connectivity index (χ0v) is 14.8. The van der Waals surface area contributed by atoms with E-state index in [0.29, 0.717) is 12.2 Å². The molecule has 1 unspecified atom stereocenters. The van der Waals surface area contributed by atoms with Crippen LogP contribution in [0.2, 0.25) is 0 Å². The summed E-state index contributed by atoms with van der Waals surface area (Å²) in [6.45, 7) is 2.06. The van der Waals surface area contributed by atoms with Crippen LogP contribution in [0.4, 0.5) is 0 Å². The van der Waals surface area contributed by atoms with Gasteiger partial charge >= 0.3 is 11.9 Å². The molecule has 2 aromatic carbocycles. The molecule has 0 saturated carbocycles. The lowest BCUT2D eigenvalue weighted by atomic mass is 9.86. The Morgan fingerprint density at radius 3 is 1.92 bits per heavy atom. The summed E-state index contributed by atoms with van der Waals surface area (Å²) in [7, 11) is 1.67. The summed E-state index contributed by atoms with van der Waals surface area (Å²) in [5.74, 6) is -1.66. The maximum absolute atomic E-state index is 9.55. The molecule has 6 heteroatoms. The van der Waals surface area contributed by atoms with Crippen LogP contribution in [0, 0.1) is 0 Å². The quantitative estimate of drug-likeness (QED) is 0.686. The third kappa shape index (κ3) is 7.63. The molecule has 2 aromatic rings. The monoisotopic (exact) mass is 357 g/mol. The summed E-state index contributed by atoms with van der Waals surface area (Å²) >= 11 is 0. The maximum atomic E-state index is 9.55. The number of hydrogen-bond acceptors (Lipinski definition) is 4. The fraction of sp³-hybridized carbons (Fsp3) is 0.200. The number of carbonyl (C=O) groups is 2. The van der Waals surface area contributed by atoms with Crippen molar-refractivity contribution >= 4 is 11.9 Å². The molecule has 6 nitrogen and oxygen atoms in total. The van der Waals surface area contributed by atoms with Crippen molar-refractivity contribution in [1.82, 2.24) is 0 Å². The molecule has 0 spiro atoms. The number of nitrogens with two attached hydrogens (primary N) is 1. The van der Waals surface area contributed by atoms with Gasteiger partial charge in [0.2, 0.25) is 0 Å². The average molecular weight is 357 g/mol. The number of hydrogen-bond donors (Lipinski definition) is 3. The van der Waals surface area contributed by atoms with Gasteiger partial charge < -0.3 is 20.7 Å². The summed E-state index contributed by atoms with van der Waals surface area (Å²) in [6, 6.07) is 18.3. The van der Waals surface area contributed by atoms with Crippen LogP contribution in [-0.4, -0.2) is 29.3 Å². The molecular formula is C20H23NO5. The topological polar surface area (TPSA) is 110 Å². The molecule has 26 heavy (non-hydrogen) atoms. The van der Waals surface area contributed by atoms with E-state index < -0.39 is 11.9 Å². The first-order valence-electron chi connectivity index (χ1n) is 7.86. The molecule has 0 fully saturated rings. The number of carboxylic acids is 2. The summed E-state index contributed by atoms with van der Waals surface area (Å²) in [6.07, 6.45) is 1.94. The minimum Gasteiger partial charge on any atom is -0.497 e. The molecule has 138 valence electrons. The number of rotatable bonds is 6. The van der Waals surface area contributed by atoms with Gasteiger partial charge in [0.15, 0.2) is 0 Å². The first-order valence-corrected chi connectivity index (χ1v) is 7.86. The van der Waals surface area contributed by atoms with Crippen LogP contribution in [0.1, 0.15) is 18.1 Å². The van der Waals surface area contributed by atoms with Gasteiger partial charge in [-0.15, -0.1) is 0 Å². The Balaban J connectivity index is 0.000000359. The molecular weight excluding hydrogens is 334 g/mol. The van der Waals surface area contributed by atoms with Crippen molar-refractivity contribution in [2.75, 3.05) is 7.11 Å². The van der Waals surface area contributed by atoms with Gasteiger partial charge in [-0.2, -0.15) is 0 Å². The number of benzene rings is 2. The Labute approximate surface area is 152 Å². The van der Waals surface area contributed by atoms with Gasteiger partial charge in [0.05, 0.1) is 7.11 Å². The van der Waals surface area contributed by atoms with E-state index in [-0.39, 0.29) is 5.54 Å². The highest BCUT2D eigenvalue weighted by Gasteiger charge is 2.21. The maximum Gasteiger partial charge on any atom is 0.328 e. The Morgan fingerprint density at radius 2 is 1.50 bits per heavy atom. The summed E-state index contributed by atoms with van der Waals surface area (Å²) in [5.41, 5.74) is 8.42. The smallest absolute Gasteiger partial charge is 0.328 e. The van der Waals surface area contributed by atoms with Gasteiger partial charge in [-0.05, 0) is 36.6 Å².